The van der Waals surface area contributed by atoms with Gasteiger partial charge in [-0.1, -0.05) is 13.0 Å². The maximum Gasteiger partial charge on any atom is 0.240 e. The van der Waals surface area contributed by atoms with Crippen LogP contribution in [0.5, 0.6) is 0 Å². The minimum Gasteiger partial charge on any atom is -0.368 e. The fraction of sp³-hybridized carbons (Fsp3) is 0.400. The Hall–Kier alpha value is -1.95. The summed E-state index contributed by atoms with van der Waals surface area (Å²) in [5, 5.41) is 2.02. The summed E-state index contributed by atoms with van der Waals surface area (Å²) in [7, 11) is 0. The Balaban J connectivity index is 1.92. The van der Waals surface area contributed by atoms with Gasteiger partial charge in [-0.05, 0) is 30.2 Å². The molecule has 3 heterocycles. The highest BCUT2D eigenvalue weighted by atomic mass is 32.1. The third-order valence-corrected chi connectivity index (χ3v) is 4.81. The van der Waals surface area contributed by atoms with E-state index in [1.807, 2.05) is 28.5 Å². The molecule has 2 aromatic heterocycles. The van der Waals surface area contributed by atoms with E-state index in [4.69, 9.17) is 5.73 Å². The number of anilines is 1. The zero-order valence-electron chi connectivity index (χ0n) is 11.9. The largest absolute Gasteiger partial charge is 0.368 e. The predicted octanol–water partition coefficient (Wildman–Crippen LogP) is 2.30. The van der Waals surface area contributed by atoms with Gasteiger partial charge < -0.3 is 10.6 Å². The van der Waals surface area contributed by atoms with Crippen molar-refractivity contribution in [2.45, 2.75) is 25.8 Å². The number of nitrogens with zero attached hydrogens (tertiary/aromatic N) is 3. The molecule has 0 spiro atoms. The minimum atomic E-state index is -0.280. The van der Waals surface area contributed by atoms with Crippen molar-refractivity contribution in [3.8, 4) is 10.6 Å². The van der Waals surface area contributed by atoms with Gasteiger partial charge in [-0.25, -0.2) is 9.97 Å². The van der Waals surface area contributed by atoms with Crippen LogP contribution in [0.3, 0.4) is 0 Å². The smallest absolute Gasteiger partial charge is 0.240 e. The van der Waals surface area contributed by atoms with Crippen molar-refractivity contribution in [2.24, 2.45) is 11.7 Å². The zero-order chi connectivity index (χ0) is 14.8. The summed E-state index contributed by atoms with van der Waals surface area (Å²) in [4.78, 5) is 23.5. The topological polar surface area (TPSA) is 72.1 Å². The molecule has 5 nitrogen and oxygen atoms in total. The molecule has 1 aliphatic heterocycles. The SMILES string of the molecule is CC1CCN(c2cc(-c3cccs3)ncn2)C(C(N)=O)C1. The van der Waals surface area contributed by atoms with Crippen molar-refractivity contribution >= 4 is 23.1 Å². The van der Waals surface area contributed by atoms with Crippen LogP contribution in [-0.2, 0) is 4.79 Å². The van der Waals surface area contributed by atoms with Gasteiger partial charge in [0, 0.05) is 12.6 Å². The second-order valence-corrected chi connectivity index (χ2v) is 6.43. The van der Waals surface area contributed by atoms with Gasteiger partial charge >= 0.3 is 0 Å². The van der Waals surface area contributed by atoms with Crippen molar-refractivity contribution in [3.05, 3.63) is 29.9 Å². The van der Waals surface area contributed by atoms with Gasteiger partial charge in [-0.2, -0.15) is 0 Å². The summed E-state index contributed by atoms with van der Waals surface area (Å²) >= 11 is 1.64. The summed E-state index contributed by atoms with van der Waals surface area (Å²) in [5.41, 5.74) is 6.45. The van der Waals surface area contributed by atoms with Gasteiger partial charge in [0.1, 0.15) is 18.2 Å². The van der Waals surface area contributed by atoms with E-state index in [2.05, 4.69) is 16.9 Å². The Bertz CT molecular complexity index is 628. The number of hydrogen-bond donors (Lipinski definition) is 1. The number of hydrogen-bond acceptors (Lipinski definition) is 5. The fourth-order valence-corrected chi connectivity index (χ4v) is 3.44. The highest BCUT2D eigenvalue weighted by Gasteiger charge is 2.31. The molecule has 21 heavy (non-hydrogen) atoms. The van der Waals surface area contributed by atoms with Crippen LogP contribution in [-0.4, -0.2) is 28.5 Å². The zero-order valence-corrected chi connectivity index (χ0v) is 12.7. The number of thiophene rings is 1. The lowest BCUT2D eigenvalue weighted by Gasteiger charge is -2.37. The number of amides is 1. The lowest BCUT2D eigenvalue weighted by atomic mass is 9.92. The Kier molecular flexibility index (Phi) is 3.88. The van der Waals surface area contributed by atoms with Crippen molar-refractivity contribution in [3.63, 3.8) is 0 Å². The molecule has 0 saturated carbocycles. The second-order valence-electron chi connectivity index (χ2n) is 5.48. The third-order valence-electron chi connectivity index (χ3n) is 3.91. The number of nitrogens with two attached hydrogens (primary N) is 1. The molecular weight excluding hydrogens is 284 g/mol. The van der Waals surface area contributed by atoms with E-state index >= 15 is 0 Å². The number of aromatic nitrogens is 2. The maximum atomic E-state index is 11.7. The molecule has 2 N–H and O–H groups in total. The number of carbonyl (C=O) groups is 1. The third kappa shape index (κ3) is 2.90. The maximum absolute atomic E-state index is 11.7. The molecule has 2 atom stereocenters. The lowest BCUT2D eigenvalue weighted by Crippen LogP contribution is -2.50. The normalized spacial score (nSPS) is 22.2. The Morgan fingerprint density at radius 2 is 2.33 bits per heavy atom. The van der Waals surface area contributed by atoms with Gasteiger partial charge in [0.15, 0.2) is 0 Å². The van der Waals surface area contributed by atoms with E-state index in [0.29, 0.717) is 5.92 Å². The van der Waals surface area contributed by atoms with E-state index in [9.17, 15) is 4.79 Å². The van der Waals surface area contributed by atoms with Crippen molar-refractivity contribution in [1.82, 2.24) is 9.97 Å². The van der Waals surface area contributed by atoms with Gasteiger partial charge in [0.25, 0.3) is 0 Å². The molecule has 3 rings (SSSR count). The highest BCUT2D eigenvalue weighted by Crippen LogP contribution is 2.29. The van der Waals surface area contributed by atoms with Crippen LogP contribution in [0.25, 0.3) is 10.6 Å². The monoisotopic (exact) mass is 302 g/mol. The van der Waals surface area contributed by atoms with Gasteiger partial charge in [0.2, 0.25) is 5.91 Å². The van der Waals surface area contributed by atoms with Crippen molar-refractivity contribution < 1.29 is 4.79 Å². The Morgan fingerprint density at radius 3 is 3.05 bits per heavy atom. The molecule has 0 radical (unpaired) electrons. The molecule has 0 aromatic carbocycles. The quantitative estimate of drug-likeness (QED) is 0.944. The van der Waals surface area contributed by atoms with Gasteiger partial charge in [0.05, 0.1) is 10.6 Å². The summed E-state index contributed by atoms with van der Waals surface area (Å²) in [6, 6.07) is 5.69. The minimum absolute atomic E-state index is 0.278. The first-order chi connectivity index (χ1) is 10.1. The van der Waals surface area contributed by atoms with Crippen LogP contribution in [0.15, 0.2) is 29.9 Å². The molecule has 1 fully saturated rings. The fourth-order valence-electron chi connectivity index (χ4n) is 2.75. The number of rotatable bonds is 3. The molecule has 2 unspecified atom stereocenters. The van der Waals surface area contributed by atoms with Gasteiger partial charge in [-0.15, -0.1) is 11.3 Å². The van der Waals surface area contributed by atoms with Crippen LogP contribution in [0.1, 0.15) is 19.8 Å². The van der Waals surface area contributed by atoms with E-state index in [1.165, 1.54) is 0 Å². The summed E-state index contributed by atoms with van der Waals surface area (Å²) in [5.74, 6) is 1.01. The average Bonchev–Trinajstić information content (AvgIpc) is 3.01. The number of primary amides is 1. The van der Waals surface area contributed by atoms with E-state index in [1.54, 1.807) is 17.7 Å². The Morgan fingerprint density at radius 1 is 1.48 bits per heavy atom. The first-order valence-corrected chi connectivity index (χ1v) is 7.95. The molecular formula is C15H18N4OS. The van der Waals surface area contributed by atoms with Crippen LogP contribution >= 0.6 is 11.3 Å². The summed E-state index contributed by atoms with van der Waals surface area (Å²) in [6.07, 6.45) is 3.39. The van der Waals surface area contributed by atoms with Crippen molar-refractivity contribution in [1.29, 1.82) is 0 Å². The number of carbonyl (C=O) groups excluding carboxylic acids is 1. The second kappa shape index (κ2) is 5.81. The van der Waals surface area contributed by atoms with Crippen molar-refractivity contribution in [2.75, 3.05) is 11.4 Å². The van der Waals surface area contributed by atoms with Crippen LogP contribution in [0, 0.1) is 5.92 Å². The van der Waals surface area contributed by atoms with Crippen LogP contribution < -0.4 is 10.6 Å². The standard InChI is InChI=1S/C15H18N4OS/c1-10-4-5-19(12(7-10)15(16)20)14-8-11(17-9-18-14)13-3-2-6-21-13/h2-3,6,8-10,12H,4-5,7H2,1H3,(H2,16,20). The van der Waals surface area contributed by atoms with E-state index < -0.39 is 0 Å². The Labute approximate surface area is 127 Å². The van der Waals surface area contributed by atoms with E-state index in [0.717, 1.165) is 35.8 Å². The highest BCUT2D eigenvalue weighted by molar-refractivity contribution is 7.13. The molecule has 0 bridgehead atoms. The molecule has 1 aliphatic rings. The van der Waals surface area contributed by atoms with Crippen LogP contribution in [0.4, 0.5) is 5.82 Å². The summed E-state index contributed by atoms with van der Waals surface area (Å²) < 4.78 is 0. The molecule has 1 saturated heterocycles. The molecule has 110 valence electrons. The van der Waals surface area contributed by atoms with Gasteiger partial charge in [-0.3, -0.25) is 4.79 Å². The lowest BCUT2D eigenvalue weighted by molar-refractivity contribution is -0.120. The van der Waals surface area contributed by atoms with E-state index in [-0.39, 0.29) is 11.9 Å². The predicted molar refractivity (Wildman–Crippen MR) is 84.1 cm³/mol. The summed E-state index contributed by atoms with van der Waals surface area (Å²) in [6.45, 7) is 2.96. The number of piperidine rings is 1. The molecule has 6 heteroatoms. The molecule has 0 aliphatic carbocycles. The molecule has 2 aromatic rings. The first kappa shape index (κ1) is 14.0. The van der Waals surface area contributed by atoms with Crippen LogP contribution in [0.2, 0.25) is 0 Å². The molecule has 1 amide bonds. The average molecular weight is 302 g/mol. The first-order valence-electron chi connectivity index (χ1n) is 7.07.